The van der Waals surface area contributed by atoms with Gasteiger partial charge in [0.15, 0.2) is 5.78 Å². The van der Waals surface area contributed by atoms with Crippen LogP contribution in [-0.4, -0.2) is 35.9 Å². The van der Waals surface area contributed by atoms with E-state index in [9.17, 15) is 18.5 Å². The summed E-state index contributed by atoms with van der Waals surface area (Å²) in [7, 11) is -3.96. The van der Waals surface area contributed by atoms with Crippen molar-refractivity contribution in [3.63, 3.8) is 0 Å². The van der Waals surface area contributed by atoms with Crippen LogP contribution < -0.4 is 10.9 Å². The molecule has 2 aromatic carbocycles. The van der Waals surface area contributed by atoms with E-state index >= 15 is 0 Å². The Morgan fingerprint density at radius 3 is 2.73 bits per heavy atom. The molecule has 1 aliphatic carbocycles. The lowest BCUT2D eigenvalue weighted by atomic mass is 9.69. The summed E-state index contributed by atoms with van der Waals surface area (Å²) in [6.45, 7) is 2.02. The first-order chi connectivity index (χ1) is 18.9. The van der Waals surface area contributed by atoms with Gasteiger partial charge in [0.05, 0.1) is 28.2 Å². The number of nitrogens with zero attached hydrogens (tertiary/aromatic N) is 2. The summed E-state index contributed by atoms with van der Waals surface area (Å²) in [6.07, 6.45) is 5.09. The summed E-state index contributed by atoms with van der Waals surface area (Å²) in [6, 6.07) is 14.1. The zero-order valence-electron chi connectivity index (χ0n) is 21.9. The number of nitriles is 1. The van der Waals surface area contributed by atoms with Gasteiger partial charge in [-0.2, -0.15) is 5.26 Å². The molecule has 6 N–H and O–H groups in total. The Balaban J connectivity index is 1.68. The van der Waals surface area contributed by atoms with Gasteiger partial charge in [0.25, 0.3) is 0 Å². The second-order valence-electron chi connectivity index (χ2n) is 11.0. The SMILES string of the molecule is C[C@]1(c2cc(C#N)c3ccc(S(N)(=O)=O)cc3c2)C[C@](Cc2c[nH]c3ncccc23)(C(=O)CCl)C[C@@H]1CC(=N)N. The van der Waals surface area contributed by atoms with E-state index in [2.05, 4.69) is 16.0 Å². The number of sulfonamides is 1. The predicted molar refractivity (Wildman–Crippen MR) is 155 cm³/mol. The summed E-state index contributed by atoms with van der Waals surface area (Å²) in [5.74, 6) is -0.476. The summed E-state index contributed by atoms with van der Waals surface area (Å²) < 4.78 is 24.1. The van der Waals surface area contributed by atoms with Crippen molar-refractivity contribution >= 4 is 55.0 Å². The Labute approximate surface area is 237 Å². The van der Waals surface area contributed by atoms with Crippen LogP contribution in [0.4, 0.5) is 0 Å². The number of pyridine rings is 1. The molecule has 3 atom stereocenters. The van der Waals surface area contributed by atoms with Crippen molar-refractivity contribution in [2.24, 2.45) is 22.2 Å². The fourth-order valence-electron chi connectivity index (χ4n) is 6.58. The number of carbonyl (C=O) groups excluding carboxylic acids is 1. The second kappa shape index (κ2) is 10.0. The lowest BCUT2D eigenvalue weighted by Crippen LogP contribution is -2.34. The normalized spacial score (nSPS) is 22.9. The van der Waals surface area contributed by atoms with Crippen molar-refractivity contribution < 1.29 is 13.2 Å². The number of ketones is 1. The molecule has 9 nitrogen and oxygen atoms in total. The van der Waals surface area contributed by atoms with Gasteiger partial charge in [-0.1, -0.05) is 19.1 Å². The number of hydrogen-bond acceptors (Lipinski definition) is 6. The highest BCUT2D eigenvalue weighted by atomic mass is 35.5. The largest absolute Gasteiger partial charge is 0.388 e. The number of nitrogens with one attached hydrogen (secondary N) is 2. The number of nitrogens with two attached hydrogens (primary N) is 2. The Kier molecular flexibility index (Phi) is 6.94. The molecule has 2 aromatic heterocycles. The molecular weight excluding hydrogens is 548 g/mol. The molecule has 0 bridgehead atoms. The van der Waals surface area contributed by atoms with Gasteiger partial charge >= 0.3 is 0 Å². The maximum atomic E-state index is 13.7. The molecule has 0 aliphatic heterocycles. The number of Topliss-reactive ketones (excluding diaryl/α,β-unsaturated/α-hetero) is 1. The fourth-order valence-corrected chi connectivity index (χ4v) is 7.41. The van der Waals surface area contributed by atoms with Gasteiger partial charge in [-0.15, -0.1) is 11.6 Å². The Morgan fingerprint density at radius 2 is 2.05 bits per heavy atom. The van der Waals surface area contributed by atoms with E-state index in [0.717, 1.165) is 22.2 Å². The summed E-state index contributed by atoms with van der Waals surface area (Å²) in [5.41, 5.74) is 7.19. The lowest BCUT2D eigenvalue weighted by Gasteiger charge is -2.34. The fraction of sp³-hybridized carbons (Fsp3) is 0.310. The van der Waals surface area contributed by atoms with E-state index in [4.69, 9.17) is 27.9 Å². The van der Waals surface area contributed by atoms with Gasteiger partial charge in [0, 0.05) is 29.6 Å². The monoisotopic (exact) mass is 576 g/mol. The topological polar surface area (TPSA) is 180 Å². The molecule has 0 unspecified atom stereocenters. The van der Waals surface area contributed by atoms with Crippen molar-refractivity contribution in [1.82, 2.24) is 9.97 Å². The summed E-state index contributed by atoms with van der Waals surface area (Å²) in [5, 5.41) is 25.6. The second-order valence-corrected chi connectivity index (χ2v) is 12.8. The maximum absolute atomic E-state index is 13.7. The predicted octanol–water partition coefficient (Wildman–Crippen LogP) is 4.27. The van der Waals surface area contributed by atoms with Crippen LogP contribution in [0, 0.1) is 28.1 Å². The zero-order chi connectivity index (χ0) is 28.9. The molecule has 1 saturated carbocycles. The van der Waals surface area contributed by atoms with Gasteiger partial charge in [-0.05, 0) is 82.8 Å². The standard InChI is InChI=1S/C29H29ClN6O3S/c1-28(20-7-17-9-22(40(34,38)39)4-5-23(17)18(8-20)14-31)16-29(25(37)13-30,12-21(28)10-26(32)33)11-19-15-36-27-24(19)3-2-6-35-27/h2-9,15,21H,10-13,16H2,1H3,(H3,32,33)(H,35,36)(H2,34,38,39)/t21-,28+,29+/m0/s1. The molecule has 1 fully saturated rings. The first-order valence-electron chi connectivity index (χ1n) is 12.7. The lowest BCUT2D eigenvalue weighted by molar-refractivity contribution is -0.126. The number of H-pyrrole nitrogens is 1. The van der Waals surface area contributed by atoms with E-state index < -0.39 is 20.9 Å². The number of carbonyl (C=O) groups is 1. The van der Waals surface area contributed by atoms with Crippen LogP contribution in [0.25, 0.3) is 21.8 Å². The van der Waals surface area contributed by atoms with E-state index in [-0.39, 0.29) is 34.7 Å². The molecule has 206 valence electrons. The number of fused-ring (bicyclic) bond motifs is 2. The molecule has 0 saturated heterocycles. The van der Waals surface area contributed by atoms with E-state index in [1.807, 2.05) is 31.3 Å². The van der Waals surface area contributed by atoms with E-state index in [0.29, 0.717) is 35.6 Å². The smallest absolute Gasteiger partial charge is 0.238 e. The minimum atomic E-state index is -3.96. The molecule has 2 heterocycles. The minimum Gasteiger partial charge on any atom is -0.388 e. The average molecular weight is 577 g/mol. The van der Waals surface area contributed by atoms with Crippen LogP contribution in [0.3, 0.4) is 0 Å². The van der Waals surface area contributed by atoms with Crippen LogP contribution in [0.2, 0.25) is 0 Å². The molecule has 40 heavy (non-hydrogen) atoms. The Bertz CT molecular complexity index is 1830. The summed E-state index contributed by atoms with van der Waals surface area (Å²) in [4.78, 5) is 21.2. The van der Waals surface area contributed by atoms with Gasteiger partial charge in [-0.25, -0.2) is 18.5 Å². The van der Waals surface area contributed by atoms with Gasteiger partial charge in [0.2, 0.25) is 10.0 Å². The van der Waals surface area contributed by atoms with Crippen molar-refractivity contribution in [3.8, 4) is 6.07 Å². The third-order valence-electron chi connectivity index (χ3n) is 8.52. The molecule has 1 aliphatic rings. The van der Waals surface area contributed by atoms with Crippen molar-refractivity contribution in [2.75, 3.05) is 5.88 Å². The first kappa shape index (κ1) is 27.8. The number of benzene rings is 2. The Morgan fingerprint density at radius 1 is 1.27 bits per heavy atom. The number of hydrogen-bond donors (Lipinski definition) is 4. The number of alkyl halides is 1. The molecule has 5 rings (SSSR count). The first-order valence-corrected chi connectivity index (χ1v) is 14.8. The average Bonchev–Trinajstić information content (AvgIpc) is 3.45. The highest BCUT2D eigenvalue weighted by Gasteiger charge is 2.56. The molecule has 0 radical (unpaired) electrons. The number of halogens is 1. The Hall–Kier alpha value is -3.78. The molecule has 4 aromatic rings. The third-order valence-corrected chi connectivity index (χ3v) is 9.67. The molecule has 0 spiro atoms. The number of amidine groups is 1. The number of aromatic amines is 1. The molecule has 0 amide bonds. The highest BCUT2D eigenvalue weighted by Crippen LogP contribution is 2.58. The van der Waals surface area contributed by atoms with Gasteiger partial charge in [0.1, 0.15) is 5.65 Å². The summed E-state index contributed by atoms with van der Waals surface area (Å²) >= 11 is 6.21. The molecular formula is C29H29ClN6O3S. The number of primary sulfonamides is 1. The minimum absolute atomic E-state index is 0.000510. The quantitative estimate of drug-likeness (QED) is 0.138. The number of rotatable bonds is 8. The van der Waals surface area contributed by atoms with E-state index in [1.165, 1.54) is 12.1 Å². The van der Waals surface area contributed by atoms with Crippen molar-refractivity contribution in [3.05, 3.63) is 71.5 Å². The van der Waals surface area contributed by atoms with Crippen LogP contribution in [0.5, 0.6) is 0 Å². The third kappa shape index (κ3) is 4.74. The van der Waals surface area contributed by atoms with Crippen molar-refractivity contribution in [2.45, 2.75) is 42.9 Å². The maximum Gasteiger partial charge on any atom is 0.238 e. The van der Waals surface area contributed by atoms with Crippen LogP contribution >= 0.6 is 11.6 Å². The zero-order valence-corrected chi connectivity index (χ0v) is 23.4. The van der Waals surface area contributed by atoms with Gasteiger partial charge in [-0.3, -0.25) is 10.2 Å². The molecule has 11 heteroatoms. The van der Waals surface area contributed by atoms with Crippen LogP contribution in [0.15, 0.2) is 59.8 Å². The van der Waals surface area contributed by atoms with E-state index in [1.54, 1.807) is 18.3 Å². The van der Waals surface area contributed by atoms with Crippen LogP contribution in [-0.2, 0) is 26.7 Å². The number of aromatic nitrogens is 2. The van der Waals surface area contributed by atoms with Gasteiger partial charge < -0.3 is 10.7 Å². The van der Waals surface area contributed by atoms with Crippen LogP contribution in [0.1, 0.15) is 42.9 Å². The highest BCUT2D eigenvalue weighted by molar-refractivity contribution is 7.89. The van der Waals surface area contributed by atoms with Crippen molar-refractivity contribution in [1.29, 1.82) is 10.7 Å².